The quantitative estimate of drug-likeness (QED) is 0.321. The lowest BCUT2D eigenvalue weighted by atomic mass is 9.95. The molecule has 0 saturated heterocycles. The number of aromatic nitrogens is 5. The zero-order valence-corrected chi connectivity index (χ0v) is 18.4. The molecular formula is C25H19N7O2. The maximum absolute atomic E-state index is 13.0. The number of nitrogens with zero attached hydrogens (tertiary/aromatic N) is 5. The van der Waals surface area contributed by atoms with Crippen LogP contribution in [0.15, 0.2) is 70.5 Å². The topological polar surface area (TPSA) is 124 Å². The van der Waals surface area contributed by atoms with Gasteiger partial charge in [0, 0.05) is 37.4 Å². The van der Waals surface area contributed by atoms with Crippen molar-refractivity contribution in [1.82, 2.24) is 24.5 Å². The van der Waals surface area contributed by atoms with E-state index in [1.807, 2.05) is 13.8 Å². The minimum absolute atomic E-state index is 0.234. The van der Waals surface area contributed by atoms with Gasteiger partial charge in [-0.3, -0.25) is 19.3 Å². The van der Waals surface area contributed by atoms with Gasteiger partial charge in [-0.2, -0.15) is 0 Å². The van der Waals surface area contributed by atoms with E-state index in [-0.39, 0.29) is 5.39 Å². The number of anilines is 1. The van der Waals surface area contributed by atoms with Crippen LogP contribution in [0, 0.1) is 6.57 Å². The molecule has 0 aliphatic rings. The zero-order chi connectivity index (χ0) is 24.0. The number of H-pyrrole nitrogens is 1. The number of nitrogens with two attached hydrogens (primary N) is 1. The normalized spacial score (nSPS) is 11.6. The highest BCUT2D eigenvalue weighted by Crippen LogP contribution is 2.28. The molecule has 4 heterocycles. The van der Waals surface area contributed by atoms with Gasteiger partial charge in [0.05, 0.1) is 27.8 Å². The van der Waals surface area contributed by atoms with Crippen molar-refractivity contribution in [3.8, 4) is 16.9 Å². The summed E-state index contributed by atoms with van der Waals surface area (Å²) in [6.45, 7) is 11.1. The Bertz CT molecular complexity index is 1730. The Morgan fingerprint density at radius 3 is 2.44 bits per heavy atom. The summed E-state index contributed by atoms with van der Waals surface area (Å²) in [4.78, 5) is 44.9. The lowest BCUT2D eigenvalue weighted by Gasteiger charge is -2.14. The van der Waals surface area contributed by atoms with E-state index >= 15 is 0 Å². The summed E-state index contributed by atoms with van der Waals surface area (Å²) in [6.07, 6.45) is 3.05. The summed E-state index contributed by atoms with van der Waals surface area (Å²) in [5.74, 6) is 0.391. The Balaban J connectivity index is 1.82. The second-order valence-electron chi connectivity index (χ2n) is 8.37. The Morgan fingerprint density at radius 1 is 1.00 bits per heavy atom. The Hall–Kier alpha value is -4.84. The molecule has 0 amide bonds. The van der Waals surface area contributed by atoms with Crippen molar-refractivity contribution in [3.63, 3.8) is 0 Å². The highest BCUT2D eigenvalue weighted by molar-refractivity contribution is 6.01. The molecule has 1 aromatic carbocycles. The van der Waals surface area contributed by atoms with Crippen molar-refractivity contribution in [2.24, 2.45) is 0 Å². The molecule has 0 unspecified atom stereocenters. The number of benzene rings is 1. The molecule has 166 valence electrons. The fourth-order valence-corrected chi connectivity index (χ4v) is 3.81. The molecule has 0 aliphatic heterocycles. The van der Waals surface area contributed by atoms with Crippen molar-refractivity contribution in [2.45, 2.75) is 19.4 Å². The van der Waals surface area contributed by atoms with Gasteiger partial charge in [-0.1, -0.05) is 0 Å². The van der Waals surface area contributed by atoms with E-state index in [4.69, 9.17) is 17.3 Å². The van der Waals surface area contributed by atoms with Crippen molar-refractivity contribution in [1.29, 1.82) is 0 Å². The SMILES string of the molecule is [C-]#[N+]C(C)(C)c1ccc(-n2c(=O)[nH]c(=O)c3cnc4ccc(-c5ccc(N)nc5)nc4c32)cc1. The van der Waals surface area contributed by atoms with Crippen LogP contribution in [0.2, 0.25) is 0 Å². The van der Waals surface area contributed by atoms with Gasteiger partial charge in [0.1, 0.15) is 11.3 Å². The summed E-state index contributed by atoms with van der Waals surface area (Å²) < 4.78 is 1.41. The predicted molar refractivity (Wildman–Crippen MR) is 131 cm³/mol. The average molecular weight is 449 g/mol. The van der Waals surface area contributed by atoms with E-state index in [0.29, 0.717) is 33.7 Å². The molecule has 0 radical (unpaired) electrons. The van der Waals surface area contributed by atoms with Crippen LogP contribution in [0.4, 0.5) is 5.82 Å². The first-order valence-corrected chi connectivity index (χ1v) is 10.4. The summed E-state index contributed by atoms with van der Waals surface area (Å²) >= 11 is 0. The van der Waals surface area contributed by atoms with Crippen LogP contribution in [-0.2, 0) is 5.54 Å². The van der Waals surface area contributed by atoms with Gasteiger partial charge < -0.3 is 10.6 Å². The van der Waals surface area contributed by atoms with Gasteiger partial charge in [0.15, 0.2) is 0 Å². The predicted octanol–water partition coefficient (Wildman–Crippen LogP) is 3.42. The van der Waals surface area contributed by atoms with Crippen LogP contribution in [-0.4, -0.2) is 24.5 Å². The van der Waals surface area contributed by atoms with Gasteiger partial charge in [-0.05, 0) is 48.5 Å². The molecule has 0 spiro atoms. The summed E-state index contributed by atoms with van der Waals surface area (Å²) in [7, 11) is 0. The second-order valence-corrected chi connectivity index (χ2v) is 8.37. The Morgan fingerprint density at radius 2 is 1.76 bits per heavy atom. The minimum atomic E-state index is -0.698. The van der Waals surface area contributed by atoms with E-state index < -0.39 is 16.8 Å². The molecule has 5 aromatic rings. The highest BCUT2D eigenvalue weighted by atomic mass is 16.2. The number of rotatable bonds is 3. The monoisotopic (exact) mass is 449 g/mol. The molecule has 5 rings (SSSR count). The first-order valence-electron chi connectivity index (χ1n) is 10.4. The third kappa shape index (κ3) is 3.38. The molecule has 0 bridgehead atoms. The summed E-state index contributed by atoms with van der Waals surface area (Å²) in [5.41, 5.74) is 7.83. The first kappa shape index (κ1) is 21.0. The van der Waals surface area contributed by atoms with Crippen molar-refractivity contribution < 1.29 is 0 Å². The lowest BCUT2D eigenvalue weighted by molar-refractivity contribution is 0.663. The standard InChI is InChI=1S/C25H19N7O2/c1-25(2,27-3)15-5-7-16(8-6-15)32-22-17(23(33)31-24(32)34)13-28-19-10-9-18(30-21(19)22)14-4-11-20(26)29-12-14/h4-13H,1-2H3,(H2,26,29)(H,31,33,34). The molecule has 0 atom stereocenters. The van der Waals surface area contributed by atoms with E-state index in [9.17, 15) is 9.59 Å². The Kier molecular flexibility index (Phi) is 4.72. The highest BCUT2D eigenvalue weighted by Gasteiger charge is 2.25. The fraction of sp³-hybridized carbons (Fsp3) is 0.120. The summed E-state index contributed by atoms with van der Waals surface area (Å²) in [6, 6.07) is 14.2. The van der Waals surface area contributed by atoms with E-state index in [0.717, 1.165) is 11.1 Å². The van der Waals surface area contributed by atoms with Crippen molar-refractivity contribution >= 4 is 27.8 Å². The van der Waals surface area contributed by atoms with Crippen LogP contribution in [0.5, 0.6) is 0 Å². The molecule has 34 heavy (non-hydrogen) atoms. The van der Waals surface area contributed by atoms with Crippen molar-refractivity contribution in [3.05, 3.63) is 98.7 Å². The molecule has 3 N–H and O–H groups in total. The smallest absolute Gasteiger partial charge is 0.333 e. The van der Waals surface area contributed by atoms with Gasteiger partial charge in [-0.15, -0.1) is 0 Å². The third-order valence-electron chi connectivity index (χ3n) is 5.77. The molecule has 9 heteroatoms. The lowest BCUT2D eigenvalue weighted by Crippen LogP contribution is -2.29. The third-order valence-corrected chi connectivity index (χ3v) is 5.77. The molecule has 0 aliphatic carbocycles. The maximum atomic E-state index is 13.0. The summed E-state index contributed by atoms with van der Waals surface area (Å²) in [5, 5.41) is 0.234. The number of hydrogen-bond acceptors (Lipinski definition) is 6. The van der Waals surface area contributed by atoms with Crippen LogP contribution >= 0.6 is 0 Å². The number of fused-ring (bicyclic) bond motifs is 3. The minimum Gasteiger partial charge on any atom is -0.384 e. The van der Waals surface area contributed by atoms with Crippen LogP contribution in [0.25, 0.3) is 43.7 Å². The van der Waals surface area contributed by atoms with Crippen LogP contribution in [0.3, 0.4) is 0 Å². The van der Waals surface area contributed by atoms with Gasteiger partial charge >= 0.3 is 5.69 Å². The van der Waals surface area contributed by atoms with Crippen LogP contribution in [0.1, 0.15) is 19.4 Å². The maximum Gasteiger partial charge on any atom is 0.333 e. The van der Waals surface area contributed by atoms with E-state index in [1.54, 1.807) is 54.7 Å². The van der Waals surface area contributed by atoms with E-state index in [2.05, 4.69) is 19.8 Å². The molecule has 0 fully saturated rings. The van der Waals surface area contributed by atoms with Crippen LogP contribution < -0.4 is 17.0 Å². The number of hydrogen-bond donors (Lipinski definition) is 2. The molecular weight excluding hydrogens is 430 g/mol. The van der Waals surface area contributed by atoms with Gasteiger partial charge in [0.25, 0.3) is 11.1 Å². The van der Waals surface area contributed by atoms with E-state index in [1.165, 1.54) is 10.8 Å². The number of nitrogen functional groups attached to an aromatic ring is 1. The number of pyridine rings is 3. The first-order chi connectivity index (χ1) is 16.3. The largest absolute Gasteiger partial charge is 0.384 e. The molecule has 4 aromatic heterocycles. The van der Waals surface area contributed by atoms with Crippen molar-refractivity contribution in [2.75, 3.05) is 5.73 Å². The fourth-order valence-electron chi connectivity index (χ4n) is 3.81. The number of nitrogens with one attached hydrogen (secondary N) is 1. The molecule has 0 saturated carbocycles. The average Bonchev–Trinajstić information content (AvgIpc) is 2.84. The van der Waals surface area contributed by atoms with Gasteiger partial charge in [-0.25, -0.2) is 21.3 Å². The zero-order valence-electron chi connectivity index (χ0n) is 18.4. The van der Waals surface area contributed by atoms with Gasteiger partial charge in [0.2, 0.25) is 0 Å². The Labute approximate surface area is 193 Å². The molecule has 9 nitrogen and oxygen atoms in total. The number of aromatic amines is 1. The second kappa shape index (κ2) is 7.64.